The van der Waals surface area contributed by atoms with Crippen LogP contribution in [0.25, 0.3) is 0 Å². The maximum atomic E-state index is 12.4. The molecule has 2 atom stereocenters. The van der Waals surface area contributed by atoms with Gasteiger partial charge in [0.2, 0.25) is 0 Å². The molecule has 0 aliphatic carbocycles. The molecule has 0 spiro atoms. The quantitative estimate of drug-likeness (QED) is 0.866. The summed E-state index contributed by atoms with van der Waals surface area (Å²) in [7, 11) is 2.20. The Morgan fingerprint density at radius 2 is 1.77 bits per heavy atom. The molecule has 2 saturated heterocycles. The average Bonchev–Trinajstić information content (AvgIpc) is 2.83. The minimum absolute atomic E-state index is 0.156. The van der Waals surface area contributed by atoms with Gasteiger partial charge in [-0.2, -0.15) is 0 Å². The van der Waals surface area contributed by atoms with Crippen molar-refractivity contribution in [2.75, 3.05) is 33.2 Å². The Hall–Kier alpha value is -0.810. The van der Waals surface area contributed by atoms with Crippen LogP contribution in [0.3, 0.4) is 0 Å². The van der Waals surface area contributed by atoms with Gasteiger partial charge in [-0.25, -0.2) is 4.79 Å². The fourth-order valence-corrected chi connectivity index (χ4v) is 3.43. The molecular weight excluding hydrogens is 278 g/mol. The van der Waals surface area contributed by atoms with Crippen LogP contribution >= 0.6 is 0 Å². The Balaban J connectivity index is 1.80. The van der Waals surface area contributed by atoms with E-state index in [0.29, 0.717) is 6.04 Å². The lowest BCUT2D eigenvalue weighted by Crippen LogP contribution is -2.51. The van der Waals surface area contributed by atoms with Gasteiger partial charge in [0.1, 0.15) is 5.60 Å². The van der Waals surface area contributed by atoms with Gasteiger partial charge in [0.15, 0.2) is 0 Å². The Kier molecular flexibility index (Phi) is 6.09. The van der Waals surface area contributed by atoms with Crippen LogP contribution in [0.5, 0.6) is 0 Å². The number of hydrogen-bond acceptors (Lipinski definition) is 4. The van der Waals surface area contributed by atoms with Crippen LogP contribution < -0.4 is 5.32 Å². The van der Waals surface area contributed by atoms with Gasteiger partial charge in [0, 0.05) is 31.7 Å². The van der Waals surface area contributed by atoms with Crippen LogP contribution in [0.2, 0.25) is 0 Å². The van der Waals surface area contributed by atoms with Crippen LogP contribution in [-0.4, -0.2) is 66.8 Å². The number of hydrogen-bond donors (Lipinski definition) is 1. The number of nitrogens with zero attached hydrogens (tertiary/aromatic N) is 2. The third kappa shape index (κ3) is 5.13. The van der Waals surface area contributed by atoms with E-state index in [1.165, 1.54) is 25.8 Å². The van der Waals surface area contributed by atoms with E-state index in [9.17, 15) is 4.79 Å². The Bertz CT molecular complexity index is 367. The average molecular weight is 311 g/mol. The fraction of sp³-hybridized carbons (Fsp3) is 0.941. The first-order chi connectivity index (χ1) is 10.4. The Morgan fingerprint density at radius 3 is 2.41 bits per heavy atom. The first-order valence-electron chi connectivity index (χ1n) is 8.77. The highest BCUT2D eigenvalue weighted by Crippen LogP contribution is 2.20. The first kappa shape index (κ1) is 17.5. The molecule has 1 amide bonds. The van der Waals surface area contributed by atoms with Gasteiger partial charge in [0.25, 0.3) is 0 Å². The largest absolute Gasteiger partial charge is 0.444 e. The second-order valence-electron chi connectivity index (χ2n) is 7.76. The molecular formula is C17H33N3O2. The first-order valence-corrected chi connectivity index (χ1v) is 8.77. The predicted molar refractivity (Wildman–Crippen MR) is 89.1 cm³/mol. The van der Waals surface area contributed by atoms with Gasteiger partial charge in [-0.3, -0.25) is 0 Å². The smallest absolute Gasteiger partial charge is 0.410 e. The van der Waals surface area contributed by atoms with Crippen LogP contribution in [0, 0.1) is 0 Å². The standard InChI is InChI=1S/C17H33N3O2/c1-17(2,3)22-16(21)20-11-6-5-8-15(20)13-18-12-14-9-7-10-19(14)4/h14-15,18H,5-13H2,1-4H3. The van der Waals surface area contributed by atoms with E-state index in [-0.39, 0.29) is 12.1 Å². The highest BCUT2D eigenvalue weighted by molar-refractivity contribution is 5.68. The molecule has 2 heterocycles. The number of likely N-dealkylation sites (tertiary alicyclic amines) is 2. The molecule has 0 aromatic carbocycles. The second kappa shape index (κ2) is 7.64. The van der Waals surface area contributed by atoms with Crippen molar-refractivity contribution in [3.8, 4) is 0 Å². The van der Waals surface area contributed by atoms with Crippen molar-refractivity contribution < 1.29 is 9.53 Å². The van der Waals surface area contributed by atoms with Crippen molar-refractivity contribution in [3.05, 3.63) is 0 Å². The summed E-state index contributed by atoms with van der Waals surface area (Å²) in [6, 6.07) is 0.925. The molecule has 5 nitrogen and oxygen atoms in total. The molecule has 2 unspecified atom stereocenters. The van der Waals surface area contributed by atoms with E-state index in [1.807, 2.05) is 25.7 Å². The lowest BCUT2D eigenvalue weighted by atomic mass is 10.0. The van der Waals surface area contributed by atoms with Crippen LogP contribution in [-0.2, 0) is 4.74 Å². The van der Waals surface area contributed by atoms with E-state index in [4.69, 9.17) is 4.74 Å². The van der Waals surface area contributed by atoms with E-state index in [0.717, 1.165) is 32.5 Å². The predicted octanol–water partition coefficient (Wildman–Crippen LogP) is 2.46. The molecule has 0 saturated carbocycles. The number of carbonyl (C=O) groups is 1. The van der Waals surface area contributed by atoms with Gasteiger partial charge in [-0.05, 0) is 66.5 Å². The van der Waals surface area contributed by atoms with Gasteiger partial charge in [0.05, 0.1) is 0 Å². The molecule has 2 aliphatic rings. The third-order valence-corrected chi connectivity index (χ3v) is 4.69. The van der Waals surface area contributed by atoms with Crippen molar-refractivity contribution in [2.45, 2.75) is 70.6 Å². The molecule has 22 heavy (non-hydrogen) atoms. The topological polar surface area (TPSA) is 44.8 Å². The van der Waals surface area contributed by atoms with Crippen LogP contribution in [0.1, 0.15) is 52.9 Å². The molecule has 0 bridgehead atoms. The number of ether oxygens (including phenoxy) is 1. The number of amides is 1. The Morgan fingerprint density at radius 1 is 1.09 bits per heavy atom. The van der Waals surface area contributed by atoms with Crippen molar-refractivity contribution in [2.24, 2.45) is 0 Å². The lowest BCUT2D eigenvalue weighted by Gasteiger charge is -2.37. The van der Waals surface area contributed by atoms with Gasteiger partial charge >= 0.3 is 6.09 Å². The number of piperidine rings is 1. The van der Waals surface area contributed by atoms with Crippen LogP contribution in [0.4, 0.5) is 4.79 Å². The summed E-state index contributed by atoms with van der Waals surface area (Å²) < 4.78 is 5.56. The summed E-state index contributed by atoms with van der Waals surface area (Å²) in [6.07, 6.45) is 5.79. The van der Waals surface area contributed by atoms with E-state index >= 15 is 0 Å². The number of likely N-dealkylation sites (N-methyl/N-ethyl adjacent to an activating group) is 1. The summed E-state index contributed by atoms with van der Waals surface area (Å²) in [5, 5.41) is 3.58. The van der Waals surface area contributed by atoms with Crippen molar-refractivity contribution in [1.82, 2.24) is 15.1 Å². The summed E-state index contributed by atoms with van der Waals surface area (Å²) in [4.78, 5) is 16.7. The van der Waals surface area contributed by atoms with Crippen molar-refractivity contribution >= 4 is 6.09 Å². The molecule has 0 aromatic rings. The monoisotopic (exact) mass is 311 g/mol. The highest BCUT2D eigenvalue weighted by atomic mass is 16.6. The maximum absolute atomic E-state index is 12.4. The fourth-order valence-electron chi connectivity index (χ4n) is 3.43. The van der Waals surface area contributed by atoms with Crippen molar-refractivity contribution in [3.63, 3.8) is 0 Å². The van der Waals surface area contributed by atoms with Crippen LogP contribution in [0.15, 0.2) is 0 Å². The summed E-state index contributed by atoms with van der Waals surface area (Å²) in [5.41, 5.74) is -0.418. The molecule has 2 rings (SSSR count). The third-order valence-electron chi connectivity index (χ3n) is 4.69. The van der Waals surface area contributed by atoms with E-state index in [2.05, 4.69) is 17.3 Å². The highest BCUT2D eigenvalue weighted by Gasteiger charge is 2.30. The summed E-state index contributed by atoms with van der Waals surface area (Å²) in [5.74, 6) is 0. The zero-order valence-corrected chi connectivity index (χ0v) is 14.7. The minimum Gasteiger partial charge on any atom is -0.444 e. The molecule has 5 heteroatoms. The zero-order valence-electron chi connectivity index (χ0n) is 14.7. The van der Waals surface area contributed by atoms with Gasteiger partial charge < -0.3 is 19.9 Å². The second-order valence-corrected chi connectivity index (χ2v) is 7.76. The maximum Gasteiger partial charge on any atom is 0.410 e. The SMILES string of the molecule is CN1CCCC1CNCC1CCCCN1C(=O)OC(C)(C)C. The number of rotatable bonds is 4. The summed E-state index contributed by atoms with van der Waals surface area (Å²) in [6.45, 7) is 9.72. The van der Waals surface area contributed by atoms with E-state index in [1.54, 1.807) is 0 Å². The molecule has 2 fully saturated rings. The zero-order chi connectivity index (χ0) is 16.2. The van der Waals surface area contributed by atoms with Gasteiger partial charge in [-0.1, -0.05) is 0 Å². The molecule has 128 valence electrons. The molecule has 0 aromatic heterocycles. The molecule has 0 radical (unpaired) electrons. The normalized spacial score (nSPS) is 27.2. The number of carbonyl (C=O) groups excluding carboxylic acids is 1. The van der Waals surface area contributed by atoms with Gasteiger partial charge in [-0.15, -0.1) is 0 Å². The molecule has 2 aliphatic heterocycles. The van der Waals surface area contributed by atoms with Crippen molar-refractivity contribution in [1.29, 1.82) is 0 Å². The van der Waals surface area contributed by atoms with E-state index < -0.39 is 5.60 Å². The number of nitrogens with one attached hydrogen (secondary N) is 1. The summed E-state index contributed by atoms with van der Waals surface area (Å²) >= 11 is 0. The minimum atomic E-state index is -0.418. The molecule has 1 N–H and O–H groups in total. The Labute approximate surface area is 135 Å². The lowest BCUT2D eigenvalue weighted by molar-refractivity contribution is 0.00986.